The van der Waals surface area contributed by atoms with Crippen LogP contribution in [0.3, 0.4) is 0 Å². The lowest BCUT2D eigenvalue weighted by atomic mass is 10.1. The zero-order chi connectivity index (χ0) is 15.6. The minimum atomic E-state index is -3.42. The van der Waals surface area contributed by atoms with Crippen LogP contribution in [0.4, 0.5) is 0 Å². The smallest absolute Gasteiger partial charge is 0.243 e. The van der Waals surface area contributed by atoms with Crippen LogP contribution in [0.1, 0.15) is 24.0 Å². The van der Waals surface area contributed by atoms with Crippen LogP contribution in [0.5, 0.6) is 0 Å². The van der Waals surface area contributed by atoms with E-state index < -0.39 is 10.0 Å². The van der Waals surface area contributed by atoms with Crippen molar-refractivity contribution in [1.82, 2.24) is 9.21 Å². The zero-order valence-electron chi connectivity index (χ0n) is 13.0. The van der Waals surface area contributed by atoms with Gasteiger partial charge in [0.15, 0.2) is 0 Å². The Morgan fingerprint density at radius 3 is 2.67 bits per heavy atom. The van der Waals surface area contributed by atoms with Crippen LogP contribution in [-0.2, 0) is 16.6 Å². The SMILES string of the molecule is Cc1cc(CN)ccc1S(=O)(=O)N1CCCC(N(C)C)C1. The first-order valence-electron chi connectivity index (χ1n) is 7.32. The number of nitrogens with zero attached hydrogens (tertiary/aromatic N) is 2. The number of nitrogens with two attached hydrogens (primary N) is 1. The van der Waals surface area contributed by atoms with E-state index in [1.54, 1.807) is 16.4 Å². The van der Waals surface area contributed by atoms with Gasteiger partial charge in [0.05, 0.1) is 4.90 Å². The number of hydrogen-bond donors (Lipinski definition) is 1. The zero-order valence-corrected chi connectivity index (χ0v) is 13.9. The third kappa shape index (κ3) is 3.45. The van der Waals surface area contributed by atoms with Crippen LogP contribution in [0, 0.1) is 6.92 Å². The summed E-state index contributed by atoms with van der Waals surface area (Å²) in [7, 11) is 0.586. The van der Waals surface area contributed by atoms with Crippen molar-refractivity contribution in [2.24, 2.45) is 5.73 Å². The molecule has 0 spiro atoms. The highest BCUT2D eigenvalue weighted by Crippen LogP contribution is 2.25. The van der Waals surface area contributed by atoms with Crippen molar-refractivity contribution in [3.63, 3.8) is 0 Å². The highest BCUT2D eigenvalue weighted by atomic mass is 32.2. The van der Waals surface area contributed by atoms with Gasteiger partial charge in [0.25, 0.3) is 0 Å². The molecule has 1 aromatic carbocycles. The molecule has 2 N–H and O–H groups in total. The maximum atomic E-state index is 12.9. The van der Waals surface area contributed by atoms with Crippen LogP contribution >= 0.6 is 0 Å². The van der Waals surface area contributed by atoms with Crippen molar-refractivity contribution in [2.45, 2.75) is 37.2 Å². The molecule has 1 unspecified atom stereocenters. The summed E-state index contributed by atoms with van der Waals surface area (Å²) >= 11 is 0. The molecule has 6 heteroatoms. The molecule has 0 radical (unpaired) electrons. The summed E-state index contributed by atoms with van der Waals surface area (Å²) in [6.07, 6.45) is 1.95. The molecule has 0 amide bonds. The molecular formula is C15H25N3O2S. The van der Waals surface area contributed by atoms with Gasteiger partial charge in [-0.15, -0.1) is 0 Å². The van der Waals surface area contributed by atoms with Gasteiger partial charge in [-0.2, -0.15) is 4.31 Å². The average molecular weight is 311 g/mol. The van der Waals surface area contributed by atoms with Gasteiger partial charge in [0.1, 0.15) is 0 Å². The average Bonchev–Trinajstić information content (AvgIpc) is 2.46. The molecule has 0 aliphatic carbocycles. The number of likely N-dealkylation sites (N-methyl/N-ethyl adjacent to an activating group) is 1. The van der Waals surface area contributed by atoms with Gasteiger partial charge < -0.3 is 10.6 Å². The van der Waals surface area contributed by atoms with E-state index in [-0.39, 0.29) is 6.04 Å². The number of sulfonamides is 1. The lowest BCUT2D eigenvalue weighted by Crippen LogP contribution is -2.47. The molecule has 1 aromatic rings. The summed E-state index contributed by atoms with van der Waals surface area (Å²) in [5.74, 6) is 0. The summed E-state index contributed by atoms with van der Waals surface area (Å²) in [6.45, 7) is 3.42. The summed E-state index contributed by atoms with van der Waals surface area (Å²) in [5, 5.41) is 0. The van der Waals surface area contributed by atoms with E-state index in [0.29, 0.717) is 24.5 Å². The Morgan fingerprint density at radius 2 is 2.10 bits per heavy atom. The van der Waals surface area contributed by atoms with Crippen LogP contribution in [-0.4, -0.2) is 50.8 Å². The van der Waals surface area contributed by atoms with Gasteiger partial charge in [-0.3, -0.25) is 0 Å². The van der Waals surface area contributed by atoms with Crippen molar-refractivity contribution in [2.75, 3.05) is 27.2 Å². The van der Waals surface area contributed by atoms with Crippen LogP contribution in [0.25, 0.3) is 0 Å². The summed E-state index contributed by atoms with van der Waals surface area (Å²) < 4.78 is 27.3. The molecule has 0 saturated carbocycles. The summed E-state index contributed by atoms with van der Waals surface area (Å²) in [5.41, 5.74) is 7.33. The first-order chi connectivity index (χ1) is 9.86. The molecule has 118 valence electrons. The van der Waals surface area contributed by atoms with Gasteiger partial charge >= 0.3 is 0 Å². The predicted molar refractivity (Wildman–Crippen MR) is 84.5 cm³/mol. The quantitative estimate of drug-likeness (QED) is 0.906. The van der Waals surface area contributed by atoms with Gasteiger partial charge in [-0.1, -0.05) is 12.1 Å². The van der Waals surface area contributed by atoms with Crippen molar-refractivity contribution < 1.29 is 8.42 Å². The Labute approximate surface area is 127 Å². The van der Waals surface area contributed by atoms with E-state index in [1.165, 1.54) is 0 Å². The predicted octanol–water partition coefficient (Wildman–Crippen LogP) is 1.17. The maximum Gasteiger partial charge on any atom is 0.243 e. The van der Waals surface area contributed by atoms with Gasteiger partial charge in [-0.05, 0) is 51.1 Å². The first-order valence-corrected chi connectivity index (χ1v) is 8.76. The van der Waals surface area contributed by atoms with E-state index in [0.717, 1.165) is 24.0 Å². The highest BCUT2D eigenvalue weighted by Gasteiger charge is 2.31. The second kappa shape index (κ2) is 6.44. The standard InChI is InChI=1S/C15H25N3O2S/c1-12-9-13(10-16)6-7-15(12)21(19,20)18-8-4-5-14(11-18)17(2)3/h6-7,9,14H,4-5,8,10-11,16H2,1-3H3. The van der Waals surface area contributed by atoms with Gasteiger partial charge in [-0.25, -0.2) is 8.42 Å². The maximum absolute atomic E-state index is 12.9. The second-order valence-electron chi connectivity index (χ2n) is 5.93. The van der Waals surface area contributed by atoms with E-state index in [4.69, 9.17) is 5.73 Å². The highest BCUT2D eigenvalue weighted by molar-refractivity contribution is 7.89. The van der Waals surface area contributed by atoms with Crippen molar-refractivity contribution in [3.05, 3.63) is 29.3 Å². The molecule has 1 atom stereocenters. The van der Waals surface area contributed by atoms with E-state index >= 15 is 0 Å². The number of hydrogen-bond acceptors (Lipinski definition) is 4. The minimum absolute atomic E-state index is 0.289. The molecule has 21 heavy (non-hydrogen) atoms. The number of rotatable bonds is 4. The third-order valence-corrected chi connectivity index (χ3v) is 6.21. The van der Waals surface area contributed by atoms with Gasteiger partial charge in [0, 0.05) is 25.7 Å². The normalized spacial score (nSPS) is 20.9. The number of aryl methyl sites for hydroxylation is 1. The molecule has 0 bridgehead atoms. The number of piperidine rings is 1. The monoisotopic (exact) mass is 311 g/mol. The molecule has 1 saturated heterocycles. The lowest BCUT2D eigenvalue weighted by Gasteiger charge is -2.35. The Kier molecular flexibility index (Phi) is 5.03. The van der Waals surface area contributed by atoms with Gasteiger partial charge in [0.2, 0.25) is 10.0 Å². The Morgan fingerprint density at radius 1 is 1.38 bits per heavy atom. The number of benzene rings is 1. The van der Waals surface area contributed by atoms with Crippen molar-refractivity contribution in [1.29, 1.82) is 0 Å². The molecule has 1 aliphatic rings. The fourth-order valence-corrected chi connectivity index (χ4v) is 4.55. The molecule has 1 fully saturated rings. The van der Waals surface area contributed by atoms with Crippen molar-refractivity contribution >= 4 is 10.0 Å². The third-order valence-electron chi connectivity index (χ3n) is 4.18. The molecular weight excluding hydrogens is 286 g/mol. The topological polar surface area (TPSA) is 66.6 Å². The Hall–Kier alpha value is -0.950. The fraction of sp³-hybridized carbons (Fsp3) is 0.600. The summed E-state index contributed by atoms with van der Waals surface area (Å²) in [6, 6.07) is 5.64. The molecule has 0 aromatic heterocycles. The van der Waals surface area contributed by atoms with Crippen LogP contribution in [0.15, 0.2) is 23.1 Å². The minimum Gasteiger partial charge on any atom is -0.326 e. The van der Waals surface area contributed by atoms with E-state index in [1.807, 2.05) is 27.1 Å². The first kappa shape index (κ1) is 16.4. The van der Waals surface area contributed by atoms with E-state index in [2.05, 4.69) is 4.90 Å². The summed E-state index contributed by atoms with van der Waals surface area (Å²) in [4.78, 5) is 2.51. The Bertz CT molecular complexity index is 599. The molecule has 5 nitrogen and oxygen atoms in total. The van der Waals surface area contributed by atoms with Crippen LogP contribution in [0.2, 0.25) is 0 Å². The van der Waals surface area contributed by atoms with Crippen molar-refractivity contribution in [3.8, 4) is 0 Å². The fourth-order valence-electron chi connectivity index (χ4n) is 2.83. The van der Waals surface area contributed by atoms with E-state index in [9.17, 15) is 8.42 Å². The second-order valence-corrected chi connectivity index (χ2v) is 7.83. The lowest BCUT2D eigenvalue weighted by molar-refractivity contribution is 0.190. The van der Waals surface area contributed by atoms with Crippen LogP contribution < -0.4 is 5.73 Å². The largest absolute Gasteiger partial charge is 0.326 e. The molecule has 2 rings (SSSR count). The molecule has 1 aliphatic heterocycles. The Balaban J connectivity index is 2.29. The molecule has 1 heterocycles.